The Kier molecular flexibility index (Phi) is 2.69. The summed E-state index contributed by atoms with van der Waals surface area (Å²) in [6.07, 6.45) is 7.01. The molecule has 3 rings (SSSR count). The van der Waals surface area contributed by atoms with Crippen molar-refractivity contribution in [1.29, 1.82) is 0 Å². The van der Waals surface area contributed by atoms with Gasteiger partial charge in [0, 0.05) is 30.5 Å². The van der Waals surface area contributed by atoms with Gasteiger partial charge in [-0.25, -0.2) is 0 Å². The average Bonchev–Trinajstić information content (AvgIpc) is 2.81. The van der Waals surface area contributed by atoms with Crippen molar-refractivity contribution >= 4 is 5.91 Å². The minimum atomic E-state index is 0.0757. The first kappa shape index (κ1) is 11.5. The van der Waals surface area contributed by atoms with Gasteiger partial charge in [0.05, 0.1) is 0 Å². The van der Waals surface area contributed by atoms with Crippen molar-refractivity contribution in [2.75, 3.05) is 26.2 Å². The molecule has 1 unspecified atom stereocenters. The summed E-state index contributed by atoms with van der Waals surface area (Å²) in [7, 11) is 0. The maximum Gasteiger partial charge on any atom is 0.228 e. The van der Waals surface area contributed by atoms with E-state index in [1.165, 1.54) is 12.8 Å². The van der Waals surface area contributed by atoms with E-state index in [2.05, 4.69) is 17.1 Å². The predicted octanol–water partition coefficient (Wildman–Crippen LogP) is 1.78. The second-order valence-corrected chi connectivity index (χ2v) is 6.43. The number of carbonyl (C=O) groups is 1. The second-order valence-electron chi connectivity index (χ2n) is 6.43. The zero-order valence-corrected chi connectivity index (χ0v) is 10.9. The summed E-state index contributed by atoms with van der Waals surface area (Å²) in [6.45, 7) is 6.48. The molecular weight excluding hydrogens is 212 g/mol. The number of likely N-dealkylation sites (tertiary alicyclic amines) is 1. The van der Waals surface area contributed by atoms with Crippen molar-refractivity contribution in [1.82, 2.24) is 10.2 Å². The third kappa shape index (κ3) is 1.88. The monoisotopic (exact) mass is 236 g/mol. The van der Waals surface area contributed by atoms with Gasteiger partial charge in [-0.3, -0.25) is 4.79 Å². The molecule has 17 heavy (non-hydrogen) atoms. The summed E-state index contributed by atoms with van der Waals surface area (Å²) in [6, 6.07) is 0. The molecule has 1 spiro atoms. The fraction of sp³-hybridized carbons (Fsp3) is 0.929. The van der Waals surface area contributed by atoms with Crippen LogP contribution in [0.2, 0.25) is 0 Å². The maximum atomic E-state index is 12.6. The van der Waals surface area contributed by atoms with E-state index >= 15 is 0 Å². The largest absolute Gasteiger partial charge is 0.342 e. The van der Waals surface area contributed by atoms with Gasteiger partial charge in [-0.2, -0.15) is 0 Å². The van der Waals surface area contributed by atoms with Gasteiger partial charge in [-0.1, -0.05) is 13.3 Å². The molecule has 1 N–H and O–H groups in total. The highest BCUT2D eigenvalue weighted by molar-refractivity contribution is 5.85. The van der Waals surface area contributed by atoms with Crippen LogP contribution in [-0.4, -0.2) is 37.0 Å². The normalized spacial score (nSPS) is 34.5. The lowest BCUT2D eigenvalue weighted by Gasteiger charge is -2.26. The molecule has 3 nitrogen and oxygen atoms in total. The van der Waals surface area contributed by atoms with Gasteiger partial charge in [0.1, 0.15) is 0 Å². The Morgan fingerprint density at radius 2 is 2.12 bits per heavy atom. The van der Waals surface area contributed by atoms with Crippen molar-refractivity contribution in [2.45, 2.75) is 45.4 Å². The van der Waals surface area contributed by atoms with Crippen LogP contribution >= 0.6 is 0 Å². The summed E-state index contributed by atoms with van der Waals surface area (Å²) in [5.74, 6) is 0.475. The van der Waals surface area contributed by atoms with Gasteiger partial charge < -0.3 is 10.2 Å². The lowest BCUT2D eigenvalue weighted by Crippen LogP contribution is -2.38. The fourth-order valence-electron chi connectivity index (χ4n) is 3.79. The van der Waals surface area contributed by atoms with E-state index < -0.39 is 0 Å². The van der Waals surface area contributed by atoms with E-state index in [0.717, 1.165) is 51.9 Å². The second kappa shape index (κ2) is 3.98. The smallest absolute Gasteiger partial charge is 0.228 e. The molecule has 1 atom stereocenters. The summed E-state index contributed by atoms with van der Waals surface area (Å²) in [5, 5.41) is 3.46. The number of nitrogens with one attached hydrogen (secondary N) is 1. The molecule has 1 saturated carbocycles. The van der Waals surface area contributed by atoms with Crippen LogP contribution in [0.3, 0.4) is 0 Å². The highest BCUT2D eigenvalue weighted by Crippen LogP contribution is 2.52. The van der Waals surface area contributed by atoms with E-state index in [0.29, 0.717) is 11.3 Å². The molecule has 3 fully saturated rings. The zero-order chi connectivity index (χ0) is 11.9. The minimum Gasteiger partial charge on any atom is -0.342 e. The van der Waals surface area contributed by atoms with Gasteiger partial charge in [0.15, 0.2) is 0 Å². The van der Waals surface area contributed by atoms with Crippen molar-refractivity contribution in [3.8, 4) is 0 Å². The summed E-state index contributed by atoms with van der Waals surface area (Å²) in [4.78, 5) is 14.7. The zero-order valence-electron chi connectivity index (χ0n) is 10.9. The third-order valence-corrected chi connectivity index (χ3v) is 5.09. The van der Waals surface area contributed by atoms with Gasteiger partial charge in [0.25, 0.3) is 0 Å². The first-order valence-corrected chi connectivity index (χ1v) is 7.20. The quantitative estimate of drug-likeness (QED) is 0.810. The molecule has 3 heteroatoms. The third-order valence-electron chi connectivity index (χ3n) is 5.09. The number of amides is 1. The van der Waals surface area contributed by atoms with Gasteiger partial charge in [-0.15, -0.1) is 0 Å². The van der Waals surface area contributed by atoms with Crippen LogP contribution in [0.15, 0.2) is 0 Å². The lowest BCUT2D eigenvalue weighted by molar-refractivity contribution is -0.136. The molecule has 0 aromatic carbocycles. The van der Waals surface area contributed by atoms with E-state index in [1.807, 2.05) is 0 Å². The number of rotatable bonds is 3. The molecule has 2 aliphatic heterocycles. The Morgan fingerprint density at radius 3 is 2.71 bits per heavy atom. The molecular formula is C14H24N2O. The Balaban J connectivity index is 1.64. The number of hydrogen-bond donors (Lipinski definition) is 1. The highest BCUT2D eigenvalue weighted by atomic mass is 16.2. The Hall–Kier alpha value is -0.570. The summed E-state index contributed by atoms with van der Waals surface area (Å²) < 4.78 is 0. The molecule has 0 aromatic heterocycles. The van der Waals surface area contributed by atoms with Gasteiger partial charge in [-0.05, 0) is 38.6 Å². The Labute approximate surface area is 104 Å². The Bertz CT molecular complexity index is 316. The number of hydrogen-bond acceptors (Lipinski definition) is 2. The van der Waals surface area contributed by atoms with Gasteiger partial charge in [0.2, 0.25) is 5.91 Å². The molecule has 0 radical (unpaired) electrons. The van der Waals surface area contributed by atoms with Crippen molar-refractivity contribution in [2.24, 2.45) is 10.8 Å². The standard InChI is InChI=1S/C14H24N2O/c1-2-3-14(4-5-14)12(17)16-9-7-13(11-16)6-8-15-10-13/h15H,2-11H2,1H3. The van der Waals surface area contributed by atoms with Crippen LogP contribution in [0.4, 0.5) is 0 Å². The predicted molar refractivity (Wildman–Crippen MR) is 67.7 cm³/mol. The molecule has 0 bridgehead atoms. The van der Waals surface area contributed by atoms with Crippen LogP contribution in [0.1, 0.15) is 45.4 Å². The maximum absolute atomic E-state index is 12.6. The topological polar surface area (TPSA) is 32.3 Å². The van der Waals surface area contributed by atoms with E-state index in [4.69, 9.17) is 0 Å². The van der Waals surface area contributed by atoms with Crippen LogP contribution in [0.5, 0.6) is 0 Å². The molecule has 2 saturated heterocycles. The lowest BCUT2D eigenvalue weighted by atomic mass is 9.86. The first-order chi connectivity index (χ1) is 8.20. The number of nitrogens with zero attached hydrogens (tertiary/aromatic N) is 1. The van der Waals surface area contributed by atoms with Crippen molar-refractivity contribution in [3.63, 3.8) is 0 Å². The highest BCUT2D eigenvalue weighted by Gasteiger charge is 2.53. The van der Waals surface area contributed by atoms with Crippen LogP contribution in [-0.2, 0) is 4.79 Å². The van der Waals surface area contributed by atoms with Crippen LogP contribution in [0.25, 0.3) is 0 Å². The van der Waals surface area contributed by atoms with Crippen molar-refractivity contribution in [3.05, 3.63) is 0 Å². The Morgan fingerprint density at radius 1 is 1.29 bits per heavy atom. The SMILES string of the molecule is CCCC1(C(=O)N2CCC3(CCNC3)C2)CC1. The molecule has 96 valence electrons. The summed E-state index contributed by atoms with van der Waals surface area (Å²) >= 11 is 0. The molecule has 2 heterocycles. The molecule has 3 aliphatic rings. The first-order valence-electron chi connectivity index (χ1n) is 7.20. The average molecular weight is 236 g/mol. The van der Waals surface area contributed by atoms with Gasteiger partial charge >= 0.3 is 0 Å². The van der Waals surface area contributed by atoms with E-state index in [-0.39, 0.29) is 5.41 Å². The fourth-order valence-corrected chi connectivity index (χ4v) is 3.79. The number of carbonyl (C=O) groups excluding carboxylic acids is 1. The van der Waals surface area contributed by atoms with Crippen molar-refractivity contribution < 1.29 is 4.79 Å². The van der Waals surface area contributed by atoms with Crippen LogP contribution in [0, 0.1) is 10.8 Å². The molecule has 1 amide bonds. The minimum absolute atomic E-state index is 0.0757. The summed E-state index contributed by atoms with van der Waals surface area (Å²) in [5.41, 5.74) is 0.504. The molecule has 0 aromatic rings. The molecule has 1 aliphatic carbocycles. The van der Waals surface area contributed by atoms with E-state index in [9.17, 15) is 4.79 Å². The van der Waals surface area contributed by atoms with Crippen LogP contribution < -0.4 is 5.32 Å². The van der Waals surface area contributed by atoms with E-state index in [1.54, 1.807) is 0 Å².